The summed E-state index contributed by atoms with van der Waals surface area (Å²) in [6, 6.07) is 15.3. The normalized spacial score (nSPS) is 10.9. The Labute approximate surface area is 163 Å². The molecule has 138 valence electrons. The number of nitrogens with zero attached hydrogens (tertiary/aromatic N) is 3. The number of hydrogen-bond donors (Lipinski definition) is 1. The van der Waals surface area contributed by atoms with Gasteiger partial charge in [0.15, 0.2) is 5.65 Å². The summed E-state index contributed by atoms with van der Waals surface area (Å²) in [5.41, 5.74) is 6.21. The molecule has 2 heterocycles. The van der Waals surface area contributed by atoms with Crippen LogP contribution in [-0.2, 0) is 11.2 Å². The summed E-state index contributed by atoms with van der Waals surface area (Å²) in [7, 11) is 0. The summed E-state index contributed by atoms with van der Waals surface area (Å²) < 4.78 is 1.88. The van der Waals surface area contributed by atoms with Crippen molar-refractivity contribution in [2.45, 2.75) is 26.7 Å². The van der Waals surface area contributed by atoms with Gasteiger partial charge in [-0.15, -0.1) is 6.42 Å². The Morgan fingerprint density at radius 3 is 2.82 bits per heavy atom. The minimum atomic E-state index is -0.0568. The molecule has 0 bridgehead atoms. The van der Waals surface area contributed by atoms with Crippen LogP contribution in [0.25, 0.3) is 16.6 Å². The van der Waals surface area contributed by atoms with Gasteiger partial charge in [-0.05, 0) is 56.2 Å². The van der Waals surface area contributed by atoms with Gasteiger partial charge >= 0.3 is 0 Å². The first-order chi connectivity index (χ1) is 13.6. The van der Waals surface area contributed by atoms with Gasteiger partial charge in [0, 0.05) is 34.4 Å². The number of terminal acetylenes is 1. The molecule has 0 saturated carbocycles. The summed E-state index contributed by atoms with van der Waals surface area (Å²) >= 11 is 0. The zero-order chi connectivity index (χ0) is 19.7. The molecule has 4 rings (SSSR count). The molecule has 0 atom stereocenters. The highest BCUT2D eigenvalue weighted by atomic mass is 16.1. The van der Waals surface area contributed by atoms with Crippen LogP contribution < -0.4 is 5.32 Å². The van der Waals surface area contributed by atoms with E-state index in [9.17, 15) is 4.79 Å². The fourth-order valence-electron chi connectivity index (χ4n) is 3.49. The van der Waals surface area contributed by atoms with E-state index < -0.39 is 0 Å². The third-order valence-electron chi connectivity index (χ3n) is 4.93. The van der Waals surface area contributed by atoms with Gasteiger partial charge in [0.25, 0.3) is 0 Å². The van der Waals surface area contributed by atoms with Crippen LogP contribution >= 0.6 is 0 Å². The number of aryl methyl sites for hydroxylation is 2. The van der Waals surface area contributed by atoms with Crippen molar-refractivity contribution < 1.29 is 4.79 Å². The summed E-state index contributed by atoms with van der Waals surface area (Å²) in [5, 5.41) is 8.61. The molecule has 0 spiro atoms. The largest absolute Gasteiger partial charge is 0.326 e. The number of benzene rings is 2. The van der Waals surface area contributed by atoms with Crippen LogP contribution in [0.15, 0.2) is 48.5 Å². The predicted octanol–water partition coefficient (Wildman–Crippen LogP) is 4.05. The molecule has 0 aliphatic rings. The monoisotopic (exact) mass is 368 g/mol. The second kappa shape index (κ2) is 7.16. The molecule has 2 aromatic heterocycles. The lowest BCUT2D eigenvalue weighted by Crippen LogP contribution is -2.14. The first-order valence-corrected chi connectivity index (χ1v) is 9.17. The number of anilines is 1. The van der Waals surface area contributed by atoms with Crippen LogP contribution in [0.2, 0.25) is 0 Å². The number of rotatable bonds is 4. The van der Waals surface area contributed by atoms with Crippen molar-refractivity contribution in [2.24, 2.45) is 0 Å². The summed E-state index contributed by atoms with van der Waals surface area (Å²) in [6.07, 6.45) is 6.36. The van der Waals surface area contributed by atoms with Gasteiger partial charge < -0.3 is 5.32 Å². The van der Waals surface area contributed by atoms with Gasteiger partial charge in [-0.25, -0.2) is 9.50 Å². The lowest BCUT2D eigenvalue weighted by atomic mass is 10.1. The van der Waals surface area contributed by atoms with E-state index in [1.54, 1.807) is 6.07 Å². The molecular formula is C23H20N4O. The Kier molecular flexibility index (Phi) is 4.54. The molecular weight excluding hydrogens is 348 g/mol. The molecule has 1 amide bonds. The molecule has 28 heavy (non-hydrogen) atoms. The second-order valence-electron chi connectivity index (χ2n) is 6.79. The summed E-state index contributed by atoms with van der Waals surface area (Å²) in [6.45, 7) is 4.01. The molecule has 0 unspecified atom stereocenters. The maximum atomic E-state index is 12.4. The number of carbonyl (C=O) groups is 1. The highest BCUT2D eigenvalue weighted by molar-refractivity contribution is 5.92. The van der Waals surface area contributed by atoms with Gasteiger partial charge in [0.2, 0.25) is 5.91 Å². The van der Waals surface area contributed by atoms with Crippen molar-refractivity contribution in [1.82, 2.24) is 14.6 Å². The average molecular weight is 368 g/mol. The first-order valence-electron chi connectivity index (χ1n) is 9.17. The Bertz CT molecular complexity index is 1250. The highest BCUT2D eigenvalue weighted by Crippen LogP contribution is 2.23. The van der Waals surface area contributed by atoms with Crippen molar-refractivity contribution in [3.05, 3.63) is 71.0 Å². The Hall–Kier alpha value is -3.65. The molecule has 0 aliphatic carbocycles. The number of fused-ring (bicyclic) bond motifs is 3. The van der Waals surface area contributed by atoms with Crippen molar-refractivity contribution in [1.29, 1.82) is 0 Å². The standard InChI is InChI=1S/C23H20N4O/c1-4-17-8-7-9-18(14-17)25-22(28)13-12-19-15(2)24-23-20-10-5-6-11-21(20)26-27(23)16(19)3/h1,5-11,14H,12-13H2,2-3H3,(H,25,28). The molecule has 5 heteroatoms. The minimum Gasteiger partial charge on any atom is -0.326 e. The quantitative estimate of drug-likeness (QED) is 0.553. The van der Waals surface area contributed by atoms with Gasteiger partial charge in [-0.1, -0.05) is 24.1 Å². The maximum absolute atomic E-state index is 12.4. The lowest BCUT2D eigenvalue weighted by molar-refractivity contribution is -0.116. The molecule has 0 aliphatic heterocycles. The Balaban J connectivity index is 1.57. The molecule has 0 radical (unpaired) electrons. The summed E-state index contributed by atoms with van der Waals surface area (Å²) in [4.78, 5) is 17.2. The van der Waals surface area contributed by atoms with E-state index >= 15 is 0 Å². The van der Waals surface area contributed by atoms with E-state index in [0.29, 0.717) is 18.5 Å². The van der Waals surface area contributed by atoms with E-state index in [1.165, 1.54) is 0 Å². The first kappa shape index (κ1) is 17.7. The van der Waals surface area contributed by atoms with Gasteiger partial charge in [-0.2, -0.15) is 5.10 Å². The van der Waals surface area contributed by atoms with Gasteiger partial charge in [-0.3, -0.25) is 4.79 Å². The molecule has 2 aromatic carbocycles. The molecule has 0 fully saturated rings. The van der Waals surface area contributed by atoms with Crippen molar-refractivity contribution in [3.63, 3.8) is 0 Å². The van der Waals surface area contributed by atoms with E-state index in [0.717, 1.165) is 39.1 Å². The highest BCUT2D eigenvalue weighted by Gasteiger charge is 2.15. The zero-order valence-corrected chi connectivity index (χ0v) is 15.9. The van der Waals surface area contributed by atoms with E-state index in [1.807, 2.05) is 60.8 Å². The van der Waals surface area contributed by atoms with Crippen LogP contribution in [0.5, 0.6) is 0 Å². The van der Waals surface area contributed by atoms with Crippen LogP contribution in [0.3, 0.4) is 0 Å². The number of carbonyl (C=O) groups excluding carboxylic acids is 1. The minimum absolute atomic E-state index is 0.0568. The number of aromatic nitrogens is 3. The third kappa shape index (κ3) is 3.21. The van der Waals surface area contributed by atoms with Gasteiger partial charge in [0.05, 0.1) is 5.52 Å². The maximum Gasteiger partial charge on any atom is 0.224 e. The SMILES string of the molecule is C#Cc1cccc(NC(=O)CCc2c(C)nc3c4ccccc4nn3c2C)c1. The summed E-state index contributed by atoms with van der Waals surface area (Å²) in [5.74, 6) is 2.52. The van der Waals surface area contributed by atoms with E-state index in [2.05, 4.69) is 16.3 Å². The number of amides is 1. The van der Waals surface area contributed by atoms with Crippen LogP contribution in [-0.4, -0.2) is 20.5 Å². The Morgan fingerprint density at radius 2 is 2.00 bits per heavy atom. The lowest BCUT2D eigenvalue weighted by Gasteiger charge is -2.11. The third-order valence-corrected chi connectivity index (χ3v) is 4.93. The van der Waals surface area contributed by atoms with Crippen molar-refractivity contribution in [2.75, 3.05) is 5.32 Å². The smallest absolute Gasteiger partial charge is 0.224 e. The average Bonchev–Trinajstić information content (AvgIpc) is 3.07. The fraction of sp³-hybridized carbons (Fsp3) is 0.174. The number of hydrogen-bond acceptors (Lipinski definition) is 3. The fourth-order valence-corrected chi connectivity index (χ4v) is 3.49. The molecule has 0 saturated heterocycles. The molecule has 1 N–H and O–H groups in total. The van der Waals surface area contributed by atoms with E-state index in [-0.39, 0.29) is 5.91 Å². The zero-order valence-electron chi connectivity index (χ0n) is 15.9. The van der Waals surface area contributed by atoms with Crippen LogP contribution in [0.1, 0.15) is 28.9 Å². The predicted molar refractivity (Wildman–Crippen MR) is 111 cm³/mol. The van der Waals surface area contributed by atoms with Crippen LogP contribution in [0, 0.1) is 26.2 Å². The van der Waals surface area contributed by atoms with E-state index in [4.69, 9.17) is 11.4 Å². The van der Waals surface area contributed by atoms with Crippen LogP contribution in [0.4, 0.5) is 5.69 Å². The molecule has 5 nitrogen and oxygen atoms in total. The molecule has 4 aromatic rings. The van der Waals surface area contributed by atoms with Gasteiger partial charge in [0.1, 0.15) is 0 Å². The van der Waals surface area contributed by atoms with Crippen molar-refractivity contribution in [3.8, 4) is 12.3 Å². The number of nitrogens with one attached hydrogen (secondary N) is 1. The van der Waals surface area contributed by atoms with Crippen molar-refractivity contribution >= 4 is 28.1 Å². The Morgan fingerprint density at radius 1 is 1.18 bits per heavy atom. The second-order valence-corrected chi connectivity index (χ2v) is 6.79. The topological polar surface area (TPSA) is 59.3 Å².